The number of hydrogen-bond donors (Lipinski definition) is 1. The third-order valence-corrected chi connectivity index (χ3v) is 9.22. The Kier molecular flexibility index (Phi) is 6.22. The first kappa shape index (κ1) is 26.1. The van der Waals surface area contributed by atoms with Gasteiger partial charge in [0.15, 0.2) is 5.60 Å². The number of esters is 1. The van der Waals surface area contributed by atoms with Crippen molar-refractivity contribution in [2.24, 2.45) is 0 Å². The quantitative estimate of drug-likeness (QED) is 0.304. The molecule has 0 unspecified atom stereocenters. The number of aliphatic hydroxyl groups is 1. The molecule has 38 heavy (non-hydrogen) atoms. The number of cyclic esters (lactones) is 1. The van der Waals surface area contributed by atoms with Crippen molar-refractivity contribution in [3.05, 3.63) is 56.9 Å². The second-order valence-electron chi connectivity index (χ2n) is 11.5. The van der Waals surface area contributed by atoms with Crippen LogP contribution in [0.5, 0.6) is 5.75 Å². The lowest BCUT2D eigenvalue weighted by atomic mass is 9.86. The van der Waals surface area contributed by atoms with Crippen molar-refractivity contribution in [2.75, 3.05) is 14.1 Å². The fraction of sp³-hybridized carbons (Fsp3) is 0.429. The molecule has 5 rings (SSSR count). The molecule has 1 N–H and O–H groups in total. The van der Waals surface area contributed by atoms with E-state index in [-0.39, 0.29) is 18.6 Å². The van der Waals surface area contributed by atoms with Gasteiger partial charge in [0.2, 0.25) is 0 Å². The van der Waals surface area contributed by atoms with Crippen LogP contribution in [0.2, 0.25) is 25.7 Å². The van der Waals surface area contributed by atoms with Crippen LogP contribution in [0, 0.1) is 0 Å². The summed E-state index contributed by atoms with van der Waals surface area (Å²) in [6, 6.07) is 8.15. The van der Waals surface area contributed by atoms with Crippen LogP contribution in [0.25, 0.3) is 22.3 Å². The van der Waals surface area contributed by atoms with Gasteiger partial charge in [0.05, 0.1) is 29.0 Å². The first-order chi connectivity index (χ1) is 17.8. The van der Waals surface area contributed by atoms with Gasteiger partial charge in [-0.3, -0.25) is 4.79 Å². The zero-order valence-corrected chi connectivity index (χ0v) is 23.7. The van der Waals surface area contributed by atoms with Crippen molar-refractivity contribution < 1.29 is 24.2 Å². The molecule has 9 nitrogen and oxygen atoms in total. The predicted molar refractivity (Wildman–Crippen MR) is 146 cm³/mol. The predicted octanol–water partition coefficient (Wildman–Crippen LogP) is 4.02. The number of aromatic nitrogens is 2. The van der Waals surface area contributed by atoms with Gasteiger partial charge in [0.1, 0.15) is 12.4 Å². The van der Waals surface area contributed by atoms with E-state index < -0.39 is 25.7 Å². The van der Waals surface area contributed by atoms with Crippen LogP contribution in [0.4, 0.5) is 4.79 Å². The first-order valence-electron chi connectivity index (χ1n) is 12.9. The molecule has 200 valence electrons. The number of carbonyl (C=O) groups excluding carboxylic acids is 2. The van der Waals surface area contributed by atoms with Gasteiger partial charge in [-0.15, -0.1) is 0 Å². The van der Waals surface area contributed by atoms with Gasteiger partial charge in [0.25, 0.3) is 5.56 Å². The van der Waals surface area contributed by atoms with E-state index in [1.54, 1.807) is 37.7 Å². The molecular weight excluding hydrogens is 502 g/mol. The number of ether oxygens (including phenoxy) is 2. The molecule has 0 radical (unpaired) electrons. The molecule has 0 aliphatic carbocycles. The molecule has 3 aromatic rings. The zero-order chi connectivity index (χ0) is 27.6. The average molecular weight is 536 g/mol. The zero-order valence-electron chi connectivity index (χ0n) is 22.7. The highest BCUT2D eigenvalue weighted by atomic mass is 28.3. The van der Waals surface area contributed by atoms with Gasteiger partial charge < -0.3 is 24.0 Å². The summed E-state index contributed by atoms with van der Waals surface area (Å²) in [4.78, 5) is 44.6. The number of rotatable bonds is 5. The van der Waals surface area contributed by atoms with Crippen LogP contribution in [-0.2, 0) is 34.7 Å². The normalized spacial score (nSPS) is 18.0. The maximum Gasteiger partial charge on any atom is 0.414 e. The summed E-state index contributed by atoms with van der Waals surface area (Å²) in [6.45, 7) is 8.81. The molecule has 2 aliphatic rings. The van der Waals surface area contributed by atoms with Crippen molar-refractivity contribution in [1.29, 1.82) is 0 Å². The highest BCUT2D eigenvalue weighted by Crippen LogP contribution is 2.41. The summed E-state index contributed by atoms with van der Waals surface area (Å²) in [5, 5.41) is 12.1. The van der Waals surface area contributed by atoms with E-state index in [1.807, 2.05) is 12.1 Å². The van der Waals surface area contributed by atoms with Crippen molar-refractivity contribution in [3.63, 3.8) is 0 Å². The van der Waals surface area contributed by atoms with Crippen LogP contribution in [0.3, 0.4) is 0 Å². The number of benzene rings is 1. The summed E-state index contributed by atoms with van der Waals surface area (Å²) in [7, 11) is 1.83. The van der Waals surface area contributed by atoms with Crippen molar-refractivity contribution >= 4 is 31.0 Å². The van der Waals surface area contributed by atoms with Crippen LogP contribution in [0.15, 0.2) is 29.1 Å². The lowest BCUT2D eigenvalue weighted by Gasteiger charge is -2.31. The van der Waals surface area contributed by atoms with E-state index >= 15 is 0 Å². The minimum Gasteiger partial charge on any atom is -0.458 e. The molecular formula is C28H33N3O6Si. The monoisotopic (exact) mass is 535 g/mol. The molecule has 0 saturated carbocycles. The van der Waals surface area contributed by atoms with E-state index in [1.165, 1.54) is 4.90 Å². The molecule has 1 atom stereocenters. The lowest BCUT2D eigenvalue weighted by molar-refractivity contribution is -0.172. The summed E-state index contributed by atoms with van der Waals surface area (Å²) in [5.74, 6) is -0.309. The van der Waals surface area contributed by atoms with E-state index in [0.717, 1.165) is 34.5 Å². The standard InChI is InChI=1S/C28H33N3O6Si/c1-7-28(35)21-13-23-24-19(14-31(23)25(32)20(21)15-36-26(28)33)17(10-11-38(4,5)6)18-12-16(8-9-22(18)29-24)37-27(34)30(2)3/h8-9,12-13,35H,7,10-11,14-15H2,1-6H3/t28-/m0/s1. The van der Waals surface area contributed by atoms with Crippen molar-refractivity contribution in [2.45, 2.75) is 64.2 Å². The lowest BCUT2D eigenvalue weighted by Crippen LogP contribution is -2.44. The summed E-state index contributed by atoms with van der Waals surface area (Å²) in [5.41, 5.74) is 2.47. The summed E-state index contributed by atoms with van der Waals surface area (Å²) >= 11 is 0. The largest absolute Gasteiger partial charge is 0.458 e. The third kappa shape index (κ3) is 4.21. The number of aryl methyl sites for hydroxylation is 1. The third-order valence-electron chi connectivity index (χ3n) is 7.47. The minimum atomic E-state index is -1.87. The molecule has 4 heterocycles. The minimum absolute atomic E-state index is 0.0929. The van der Waals surface area contributed by atoms with Gasteiger partial charge >= 0.3 is 12.1 Å². The first-order valence-corrected chi connectivity index (χ1v) is 16.6. The molecule has 1 amide bonds. The van der Waals surface area contributed by atoms with E-state index in [9.17, 15) is 19.5 Å². The van der Waals surface area contributed by atoms with Crippen LogP contribution < -0.4 is 10.3 Å². The van der Waals surface area contributed by atoms with Crippen LogP contribution in [0.1, 0.15) is 35.6 Å². The Balaban J connectivity index is 1.72. The summed E-state index contributed by atoms with van der Waals surface area (Å²) in [6.07, 6.45) is 0.424. The second-order valence-corrected chi connectivity index (χ2v) is 17.1. The highest BCUT2D eigenvalue weighted by molar-refractivity contribution is 6.76. The number of carbonyl (C=O) groups is 2. The SMILES string of the molecule is CC[C@@]1(O)C(=O)OCc2c1cc1n(c2=O)Cc2c-1nc1ccc(OC(=O)N(C)C)cc1c2CC[Si](C)(C)C. The molecule has 0 fully saturated rings. The van der Waals surface area contributed by atoms with Gasteiger partial charge in [-0.1, -0.05) is 32.6 Å². The fourth-order valence-electron chi connectivity index (χ4n) is 5.18. The Morgan fingerprint density at radius 1 is 1.21 bits per heavy atom. The van der Waals surface area contributed by atoms with Crippen molar-refractivity contribution in [1.82, 2.24) is 14.5 Å². The number of amides is 1. The number of fused-ring (bicyclic) bond motifs is 5. The topological polar surface area (TPSA) is 111 Å². The average Bonchev–Trinajstić information content (AvgIpc) is 3.22. The van der Waals surface area contributed by atoms with Crippen LogP contribution >= 0.6 is 0 Å². The number of pyridine rings is 2. The van der Waals surface area contributed by atoms with Gasteiger partial charge in [0, 0.05) is 38.7 Å². The Morgan fingerprint density at radius 2 is 1.95 bits per heavy atom. The molecule has 0 bridgehead atoms. The summed E-state index contributed by atoms with van der Waals surface area (Å²) < 4.78 is 12.4. The molecule has 0 saturated heterocycles. The Morgan fingerprint density at radius 3 is 2.61 bits per heavy atom. The van der Waals surface area contributed by atoms with Gasteiger partial charge in [-0.25, -0.2) is 14.6 Å². The molecule has 2 aliphatic heterocycles. The van der Waals surface area contributed by atoms with Crippen molar-refractivity contribution in [3.8, 4) is 17.1 Å². The molecule has 1 aromatic carbocycles. The van der Waals surface area contributed by atoms with Crippen LogP contribution in [-0.4, -0.2) is 53.8 Å². The molecule has 2 aromatic heterocycles. The maximum absolute atomic E-state index is 13.6. The Bertz CT molecular complexity index is 1560. The van der Waals surface area contributed by atoms with E-state index in [2.05, 4.69) is 19.6 Å². The van der Waals surface area contributed by atoms with Gasteiger partial charge in [-0.05, 0) is 42.7 Å². The molecule has 10 heteroatoms. The second kappa shape index (κ2) is 9.06. The highest BCUT2D eigenvalue weighted by Gasteiger charge is 2.45. The Hall–Kier alpha value is -3.50. The fourth-order valence-corrected chi connectivity index (χ4v) is 6.18. The van der Waals surface area contributed by atoms with E-state index in [4.69, 9.17) is 14.5 Å². The number of hydrogen-bond acceptors (Lipinski definition) is 7. The van der Waals surface area contributed by atoms with E-state index in [0.29, 0.717) is 34.8 Å². The smallest absolute Gasteiger partial charge is 0.414 e. The number of nitrogens with zero attached hydrogens (tertiary/aromatic N) is 3. The Labute approximate surface area is 222 Å². The van der Waals surface area contributed by atoms with Gasteiger partial charge in [-0.2, -0.15) is 0 Å². The maximum atomic E-state index is 13.6. The molecule has 0 spiro atoms.